The summed E-state index contributed by atoms with van der Waals surface area (Å²) in [5.74, 6) is 0. The minimum absolute atomic E-state index is 0.608. The van der Waals surface area contributed by atoms with Gasteiger partial charge in [0.25, 0.3) is 0 Å². The van der Waals surface area contributed by atoms with Crippen LogP contribution in [0.4, 0.5) is 0 Å². The predicted octanol–water partition coefficient (Wildman–Crippen LogP) is 3.77. The van der Waals surface area contributed by atoms with E-state index < -0.39 is 0 Å². The van der Waals surface area contributed by atoms with Crippen molar-refractivity contribution in [3.63, 3.8) is 0 Å². The van der Waals surface area contributed by atoms with Gasteiger partial charge in [0.1, 0.15) is 0 Å². The minimum Gasteiger partial charge on any atom is -0.230 e. The van der Waals surface area contributed by atoms with Crippen LogP contribution in [0.2, 0.25) is 4.47 Å². The summed E-state index contributed by atoms with van der Waals surface area (Å²) in [6, 6.07) is 10.2. The molecule has 2 rings (SSSR count). The Kier molecular flexibility index (Phi) is 2.34. The van der Waals surface area contributed by atoms with Crippen molar-refractivity contribution in [2.75, 3.05) is 0 Å². The van der Waals surface area contributed by atoms with Gasteiger partial charge in [-0.2, -0.15) is 0 Å². The van der Waals surface area contributed by atoms with Crippen molar-refractivity contribution in [1.29, 1.82) is 0 Å². The highest BCUT2D eigenvalue weighted by atomic mass is 35.5. The van der Waals surface area contributed by atoms with Crippen molar-refractivity contribution in [3.05, 3.63) is 40.5 Å². The summed E-state index contributed by atoms with van der Waals surface area (Å²) in [6.45, 7) is 1.98. The van der Waals surface area contributed by atoms with Crippen LogP contribution in [0.15, 0.2) is 30.3 Å². The summed E-state index contributed by atoms with van der Waals surface area (Å²) in [5.41, 5.74) is 2.19. The molecule has 3 heteroatoms. The Bertz CT molecular complexity index is 408. The highest BCUT2D eigenvalue weighted by Gasteiger charge is 2.06. The third kappa shape index (κ3) is 1.74. The van der Waals surface area contributed by atoms with E-state index in [-0.39, 0.29) is 0 Å². The number of thiazole rings is 1. The van der Waals surface area contributed by atoms with E-state index in [1.54, 1.807) is 0 Å². The largest absolute Gasteiger partial charge is 0.230 e. The van der Waals surface area contributed by atoms with Crippen molar-refractivity contribution < 1.29 is 0 Å². The van der Waals surface area contributed by atoms with Crippen molar-refractivity contribution in [1.82, 2.24) is 4.98 Å². The Morgan fingerprint density at radius 3 is 2.46 bits per heavy atom. The third-order valence-electron chi connectivity index (χ3n) is 1.81. The molecule has 0 N–H and O–H groups in total. The smallest absolute Gasteiger partial charge is 0.184 e. The molecule has 0 atom stereocenters. The molecule has 0 spiro atoms. The highest BCUT2D eigenvalue weighted by Crippen LogP contribution is 2.31. The second kappa shape index (κ2) is 3.48. The monoisotopic (exact) mass is 209 g/mol. The van der Waals surface area contributed by atoms with Crippen molar-refractivity contribution in [2.45, 2.75) is 6.92 Å². The molecule has 0 bridgehead atoms. The minimum atomic E-state index is 0.608. The second-order valence-electron chi connectivity index (χ2n) is 2.75. The number of benzene rings is 1. The maximum absolute atomic E-state index is 5.82. The molecule has 13 heavy (non-hydrogen) atoms. The van der Waals surface area contributed by atoms with Gasteiger partial charge in [0.05, 0.1) is 10.6 Å². The number of rotatable bonds is 1. The predicted molar refractivity (Wildman–Crippen MR) is 57.3 cm³/mol. The summed E-state index contributed by atoms with van der Waals surface area (Å²) in [7, 11) is 0. The summed E-state index contributed by atoms with van der Waals surface area (Å²) < 4.78 is 0.608. The number of nitrogens with zero attached hydrogens (tertiary/aromatic N) is 1. The van der Waals surface area contributed by atoms with Gasteiger partial charge in [-0.1, -0.05) is 41.9 Å². The zero-order chi connectivity index (χ0) is 9.26. The molecule has 0 fully saturated rings. The molecule has 2 aromatic rings. The lowest BCUT2D eigenvalue weighted by Gasteiger charge is -1.95. The first-order chi connectivity index (χ1) is 6.27. The van der Waals surface area contributed by atoms with E-state index in [4.69, 9.17) is 11.6 Å². The van der Waals surface area contributed by atoms with E-state index in [9.17, 15) is 0 Å². The molecule has 0 aliphatic rings. The Hall–Kier alpha value is -0.860. The maximum atomic E-state index is 5.82. The van der Waals surface area contributed by atoms with Crippen molar-refractivity contribution >= 4 is 22.9 Å². The quantitative estimate of drug-likeness (QED) is 0.697. The van der Waals surface area contributed by atoms with E-state index in [0.717, 1.165) is 10.6 Å². The van der Waals surface area contributed by atoms with E-state index in [2.05, 4.69) is 17.1 Å². The van der Waals surface area contributed by atoms with Gasteiger partial charge >= 0.3 is 0 Å². The highest BCUT2D eigenvalue weighted by molar-refractivity contribution is 7.19. The summed E-state index contributed by atoms with van der Waals surface area (Å²) in [5, 5.41) is 0. The molecule has 0 amide bonds. The number of aromatic nitrogens is 1. The van der Waals surface area contributed by atoms with Crippen LogP contribution in [0.3, 0.4) is 0 Å². The van der Waals surface area contributed by atoms with Gasteiger partial charge in [0, 0.05) is 0 Å². The number of aryl methyl sites for hydroxylation is 1. The first-order valence-electron chi connectivity index (χ1n) is 3.96. The standard InChI is InChI=1S/C10H8ClNS/c1-7-9(13-10(11)12-7)8-5-3-2-4-6-8/h2-6H,1H3. The Labute approximate surface area is 86.0 Å². The summed E-state index contributed by atoms with van der Waals surface area (Å²) >= 11 is 7.34. The van der Waals surface area contributed by atoms with Crippen LogP contribution in [0, 0.1) is 6.92 Å². The number of halogens is 1. The molecule has 0 aliphatic heterocycles. The van der Waals surface area contributed by atoms with Crippen molar-refractivity contribution in [3.8, 4) is 10.4 Å². The second-order valence-corrected chi connectivity index (χ2v) is 4.33. The molecule has 0 radical (unpaired) electrons. The summed E-state index contributed by atoms with van der Waals surface area (Å²) in [6.07, 6.45) is 0. The van der Waals surface area contributed by atoms with Gasteiger partial charge in [-0.25, -0.2) is 4.98 Å². The normalized spacial score (nSPS) is 10.3. The topological polar surface area (TPSA) is 12.9 Å². The molecule has 1 nitrogen and oxygen atoms in total. The first kappa shape index (κ1) is 8.73. The molecule has 0 unspecified atom stereocenters. The van der Waals surface area contributed by atoms with Gasteiger partial charge in [-0.3, -0.25) is 0 Å². The Morgan fingerprint density at radius 1 is 1.23 bits per heavy atom. The van der Waals surface area contributed by atoms with Gasteiger partial charge in [0.2, 0.25) is 0 Å². The zero-order valence-corrected chi connectivity index (χ0v) is 8.69. The SMILES string of the molecule is Cc1nc(Cl)sc1-c1ccccc1. The maximum Gasteiger partial charge on any atom is 0.184 e. The van der Waals surface area contributed by atoms with Crippen LogP contribution < -0.4 is 0 Å². The molecule has 1 aromatic carbocycles. The van der Waals surface area contributed by atoms with Crippen LogP contribution >= 0.6 is 22.9 Å². The third-order valence-corrected chi connectivity index (χ3v) is 3.12. The zero-order valence-electron chi connectivity index (χ0n) is 7.12. The van der Waals surface area contributed by atoms with Crippen LogP contribution in [0.25, 0.3) is 10.4 Å². The molecule has 66 valence electrons. The average Bonchev–Trinajstić information content (AvgIpc) is 2.47. The fraction of sp³-hybridized carbons (Fsp3) is 0.100. The van der Waals surface area contributed by atoms with E-state index in [1.807, 2.05) is 25.1 Å². The van der Waals surface area contributed by atoms with E-state index in [1.165, 1.54) is 16.9 Å². The lowest BCUT2D eigenvalue weighted by Crippen LogP contribution is -1.75. The Morgan fingerprint density at radius 2 is 1.92 bits per heavy atom. The molecule has 0 saturated heterocycles. The molecule has 1 aromatic heterocycles. The van der Waals surface area contributed by atoms with E-state index >= 15 is 0 Å². The molecule has 1 heterocycles. The lowest BCUT2D eigenvalue weighted by molar-refractivity contribution is 1.27. The van der Waals surface area contributed by atoms with Gasteiger partial charge in [-0.05, 0) is 12.5 Å². The molecule has 0 saturated carbocycles. The van der Waals surface area contributed by atoms with Crippen LogP contribution in [0.5, 0.6) is 0 Å². The Balaban J connectivity index is 2.53. The number of hydrogen-bond donors (Lipinski definition) is 0. The first-order valence-corrected chi connectivity index (χ1v) is 5.15. The van der Waals surface area contributed by atoms with Crippen LogP contribution in [0.1, 0.15) is 5.69 Å². The lowest BCUT2D eigenvalue weighted by atomic mass is 10.2. The van der Waals surface area contributed by atoms with Gasteiger partial charge in [0.15, 0.2) is 4.47 Å². The average molecular weight is 210 g/mol. The number of hydrogen-bond acceptors (Lipinski definition) is 2. The molecular formula is C10H8ClNS. The van der Waals surface area contributed by atoms with Crippen molar-refractivity contribution in [2.24, 2.45) is 0 Å². The molecule has 0 aliphatic carbocycles. The van der Waals surface area contributed by atoms with E-state index in [0.29, 0.717) is 4.47 Å². The van der Waals surface area contributed by atoms with Gasteiger partial charge < -0.3 is 0 Å². The fourth-order valence-electron chi connectivity index (χ4n) is 1.22. The van der Waals surface area contributed by atoms with Crippen LogP contribution in [-0.4, -0.2) is 4.98 Å². The van der Waals surface area contributed by atoms with Crippen LogP contribution in [-0.2, 0) is 0 Å². The van der Waals surface area contributed by atoms with Gasteiger partial charge in [-0.15, -0.1) is 11.3 Å². The fourth-order valence-corrected chi connectivity index (χ4v) is 2.38. The summed E-state index contributed by atoms with van der Waals surface area (Å²) in [4.78, 5) is 5.33. The molecular weight excluding hydrogens is 202 g/mol.